The van der Waals surface area contributed by atoms with Crippen molar-refractivity contribution in [1.29, 1.82) is 0 Å². The number of aliphatic carboxylic acids is 1. The summed E-state index contributed by atoms with van der Waals surface area (Å²) in [4.78, 5) is 13.2. The Labute approximate surface area is 116 Å². The van der Waals surface area contributed by atoms with Gasteiger partial charge in [-0.1, -0.05) is 0 Å². The van der Waals surface area contributed by atoms with E-state index in [1.807, 2.05) is 10.8 Å². The lowest BCUT2D eigenvalue weighted by Gasteiger charge is -2.23. The second kappa shape index (κ2) is 5.58. The van der Waals surface area contributed by atoms with E-state index >= 15 is 0 Å². The number of hydrogen-bond donors (Lipinski definition) is 2. The maximum atomic E-state index is 11.4. The van der Waals surface area contributed by atoms with E-state index in [1.54, 1.807) is 11.0 Å². The molecule has 2 heterocycles. The molecule has 0 spiro atoms. The van der Waals surface area contributed by atoms with Gasteiger partial charge in [0.25, 0.3) is 0 Å². The summed E-state index contributed by atoms with van der Waals surface area (Å²) in [5.74, 6) is -0.904. The smallest absolute Gasteiger partial charge is 0.325 e. The molecular weight excluding hydrogens is 288 g/mol. The van der Waals surface area contributed by atoms with Crippen molar-refractivity contribution in [3.8, 4) is 0 Å². The summed E-state index contributed by atoms with van der Waals surface area (Å²) in [5.41, 5.74) is 0.748. The topological polar surface area (TPSA) is 86.7 Å². The van der Waals surface area contributed by atoms with Crippen LogP contribution in [0.2, 0.25) is 0 Å². The molecule has 1 aromatic rings. The first-order valence-electron chi connectivity index (χ1n) is 5.83. The Kier molecular flexibility index (Phi) is 4.24. The number of carboxylic acids is 1. The number of likely N-dealkylation sites (tertiary alicyclic amines) is 1. The van der Waals surface area contributed by atoms with Crippen molar-refractivity contribution in [2.24, 2.45) is 0 Å². The van der Waals surface area contributed by atoms with Crippen LogP contribution in [0.5, 0.6) is 0 Å². The van der Waals surface area contributed by atoms with Gasteiger partial charge in [0.1, 0.15) is 6.04 Å². The first-order valence-corrected chi connectivity index (χ1v) is 8.66. The molecule has 0 amide bonds. The molecule has 2 unspecified atom stereocenters. The molecule has 0 radical (unpaired) electrons. The number of hydrogen-bond acceptors (Lipinski definition) is 5. The second-order valence-corrected chi connectivity index (χ2v) is 7.23. The Bertz CT molecular complexity index is 541. The van der Waals surface area contributed by atoms with Crippen LogP contribution < -0.4 is 4.72 Å². The molecule has 1 saturated heterocycles. The van der Waals surface area contributed by atoms with Gasteiger partial charge in [-0.25, -0.2) is 13.1 Å². The van der Waals surface area contributed by atoms with E-state index < -0.39 is 22.0 Å². The Hall–Kier alpha value is -0.960. The highest BCUT2D eigenvalue weighted by Gasteiger charge is 2.34. The van der Waals surface area contributed by atoms with Gasteiger partial charge in [-0.2, -0.15) is 11.3 Å². The minimum Gasteiger partial charge on any atom is -0.480 e. The number of nitrogens with one attached hydrogen (secondary N) is 1. The molecule has 1 fully saturated rings. The zero-order chi connectivity index (χ0) is 14.0. The molecular formula is C11H16N2O4S2. The van der Waals surface area contributed by atoms with Gasteiger partial charge in [0, 0.05) is 19.1 Å². The van der Waals surface area contributed by atoms with Gasteiger partial charge >= 0.3 is 5.97 Å². The number of sulfonamides is 1. The molecule has 2 atom stereocenters. The summed E-state index contributed by atoms with van der Waals surface area (Å²) >= 11 is 1.45. The lowest BCUT2D eigenvalue weighted by Crippen LogP contribution is -2.38. The monoisotopic (exact) mass is 304 g/mol. The minimum absolute atomic E-state index is 0.213. The molecule has 8 heteroatoms. The normalized spacial score (nSPS) is 22.5. The molecule has 1 aliphatic heterocycles. The SMILES string of the molecule is CS(=O)(=O)NC1CCN(C(C(=O)O)c2ccsc2)C1. The molecule has 0 bridgehead atoms. The molecule has 2 rings (SSSR count). The van der Waals surface area contributed by atoms with Crippen LogP contribution in [0.3, 0.4) is 0 Å². The Morgan fingerprint density at radius 2 is 2.37 bits per heavy atom. The molecule has 106 valence electrons. The molecule has 6 nitrogen and oxygen atoms in total. The van der Waals surface area contributed by atoms with E-state index in [1.165, 1.54) is 11.3 Å². The van der Waals surface area contributed by atoms with E-state index in [-0.39, 0.29) is 6.04 Å². The highest BCUT2D eigenvalue weighted by Crippen LogP contribution is 2.27. The van der Waals surface area contributed by atoms with Crippen molar-refractivity contribution in [2.45, 2.75) is 18.5 Å². The largest absolute Gasteiger partial charge is 0.480 e. The molecule has 1 aromatic heterocycles. The molecule has 19 heavy (non-hydrogen) atoms. The number of nitrogens with zero attached hydrogens (tertiary/aromatic N) is 1. The highest BCUT2D eigenvalue weighted by atomic mass is 32.2. The second-order valence-electron chi connectivity index (χ2n) is 4.67. The maximum Gasteiger partial charge on any atom is 0.325 e. The number of thiophene rings is 1. The van der Waals surface area contributed by atoms with Crippen LogP contribution >= 0.6 is 11.3 Å². The Morgan fingerprint density at radius 1 is 1.63 bits per heavy atom. The molecule has 0 aliphatic carbocycles. The van der Waals surface area contributed by atoms with Crippen LogP contribution in [-0.2, 0) is 14.8 Å². The Balaban J connectivity index is 2.08. The van der Waals surface area contributed by atoms with E-state index in [4.69, 9.17) is 0 Å². The first kappa shape index (κ1) is 14.4. The van der Waals surface area contributed by atoms with Gasteiger partial charge in [0.15, 0.2) is 0 Å². The van der Waals surface area contributed by atoms with E-state index in [2.05, 4.69) is 4.72 Å². The van der Waals surface area contributed by atoms with Crippen molar-refractivity contribution >= 4 is 27.3 Å². The first-order chi connectivity index (χ1) is 8.87. The fraction of sp³-hybridized carbons (Fsp3) is 0.545. The van der Waals surface area contributed by atoms with Gasteiger partial charge in [0.2, 0.25) is 10.0 Å². The van der Waals surface area contributed by atoms with Crippen LogP contribution in [0, 0.1) is 0 Å². The summed E-state index contributed by atoms with van der Waals surface area (Å²) < 4.78 is 24.9. The van der Waals surface area contributed by atoms with Gasteiger partial charge in [0.05, 0.1) is 6.26 Å². The van der Waals surface area contributed by atoms with Crippen molar-refractivity contribution in [3.05, 3.63) is 22.4 Å². The standard InChI is InChI=1S/C11H16N2O4S2/c1-19(16,17)12-9-2-4-13(6-9)10(11(14)15)8-3-5-18-7-8/h3,5,7,9-10,12H,2,4,6H2,1H3,(H,14,15). The average molecular weight is 304 g/mol. The predicted molar refractivity (Wildman–Crippen MR) is 72.7 cm³/mol. The van der Waals surface area contributed by atoms with E-state index in [0.717, 1.165) is 11.8 Å². The average Bonchev–Trinajstić information content (AvgIpc) is 2.88. The predicted octanol–water partition coefficient (Wildman–Crippen LogP) is 0.497. The molecule has 0 saturated carbocycles. The summed E-state index contributed by atoms with van der Waals surface area (Å²) in [5, 5.41) is 13.0. The van der Waals surface area contributed by atoms with E-state index in [9.17, 15) is 18.3 Å². The van der Waals surface area contributed by atoms with Crippen LogP contribution in [0.15, 0.2) is 16.8 Å². The number of carboxylic acid groups (broad SMARTS) is 1. The lowest BCUT2D eigenvalue weighted by molar-refractivity contribution is -0.143. The summed E-state index contributed by atoms with van der Waals surface area (Å²) in [6, 6.07) is 0.883. The third-order valence-electron chi connectivity index (χ3n) is 3.06. The van der Waals surface area contributed by atoms with Crippen LogP contribution in [0.4, 0.5) is 0 Å². The zero-order valence-electron chi connectivity index (χ0n) is 10.4. The highest BCUT2D eigenvalue weighted by molar-refractivity contribution is 7.88. The maximum absolute atomic E-state index is 11.4. The van der Waals surface area contributed by atoms with Gasteiger partial charge in [-0.3, -0.25) is 9.69 Å². The van der Waals surface area contributed by atoms with Gasteiger partial charge < -0.3 is 5.11 Å². The summed E-state index contributed by atoms with van der Waals surface area (Å²) in [6.45, 7) is 0.986. The molecule has 2 N–H and O–H groups in total. The van der Waals surface area contributed by atoms with Crippen molar-refractivity contribution < 1.29 is 18.3 Å². The van der Waals surface area contributed by atoms with E-state index in [0.29, 0.717) is 19.5 Å². The van der Waals surface area contributed by atoms with Gasteiger partial charge in [-0.15, -0.1) is 0 Å². The third-order valence-corrected chi connectivity index (χ3v) is 4.52. The summed E-state index contributed by atoms with van der Waals surface area (Å²) in [7, 11) is -3.25. The molecule has 0 aromatic carbocycles. The quantitative estimate of drug-likeness (QED) is 0.827. The lowest BCUT2D eigenvalue weighted by atomic mass is 10.1. The third kappa shape index (κ3) is 3.75. The Morgan fingerprint density at radius 3 is 2.89 bits per heavy atom. The summed E-state index contributed by atoms with van der Waals surface area (Å²) in [6.07, 6.45) is 1.74. The van der Waals surface area contributed by atoms with Crippen LogP contribution in [-0.4, -0.2) is 49.8 Å². The fourth-order valence-electron chi connectivity index (χ4n) is 2.36. The fourth-order valence-corrected chi connectivity index (χ4v) is 3.84. The number of carbonyl (C=O) groups is 1. The molecule has 1 aliphatic rings. The van der Waals surface area contributed by atoms with Crippen molar-refractivity contribution in [3.63, 3.8) is 0 Å². The minimum atomic E-state index is -3.25. The van der Waals surface area contributed by atoms with Crippen molar-refractivity contribution in [2.75, 3.05) is 19.3 Å². The zero-order valence-corrected chi connectivity index (χ0v) is 12.1. The van der Waals surface area contributed by atoms with Gasteiger partial charge in [-0.05, 0) is 28.8 Å². The van der Waals surface area contributed by atoms with Crippen LogP contribution in [0.1, 0.15) is 18.0 Å². The van der Waals surface area contributed by atoms with Crippen molar-refractivity contribution in [1.82, 2.24) is 9.62 Å². The number of rotatable bonds is 5. The van der Waals surface area contributed by atoms with Crippen LogP contribution in [0.25, 0.3) is 0 Å².